The van der Waals surface area contributed by atoms with Crippen LogP contribution in [-0.4, -0.2) is 16.2 Å². The number of anilines is 1. The minimum Gasteiger partial charge on any atom is -0.508 e. The Morgan fingerprint density at radius 3 is 2.26 bits per heavy atom. The zero-order valence-electron chi connectivity index (χ0n) is 14.8. The summed E-state index contributed by atoms with van der Waals surface area (Å²) in [5.41, 5.74) is 10.1. The molecule has 0 spiro atoms. The molecule has 0 heterocycles. The predicted octanol–water partition coefficient (Wildman–Crippen LogP) is 4.24. The third-order valence-electron chi connectivity index (χ3n) is 4.24. The zero-order valence-corrected chi connectivity index (χ0v) is 14.8. The molecule has 4 N–H and O–H groups in total. The van der Waals surface area contributed by atoms with Crippen LogP contribution in [0.2, 0.25) is 0 Å². The van der Waals surface area contributed by atoms with Gasteiger partial charge in [-0.15, -0.1) is 0 Å². The van der Waals surface area contributed by atoms with Crippen molar-refractivity contribution >= 4 is 11.7 Å². The van der Waals surface area contributed by atoms with Crippen molar-refractivity contribution in [3.8, 4) is 22.6 Å². The highest BCUT2D eigenvalue weighted by Gasteiger charge is 2.10. The number of phenols is 1. The lowest BCUT2D eigenvalue weighted by atomic mass is 10.00. The molecule has 0 saturated heterocycles. The van der Waals surface area contributed by atoms with Gasteiger partial charge in [0.2, 0.25) is 0 Å². The number of benzene rings is 3. The van der Waals surface area contributed by atoms with Crippen LogP contribution >= 0.6 is 0 Å². The molecule has 0 saturated carbocycles. The van der Waals surface area contributed by atoms with Gasteiger partial charge in [-0.25, -0.2) is 0 Å². The first-order chi connectivity index (χ1) is 13.0. The van der Waals surface area contributed by atoms with Gasteiger partial charge in [-0.2, -0.15) is 0 Å². The number of hydrogen-bond donors (Lipinski definition) is 3. The SMILES string of the molecule is Nc1ccc(COc2ccc(-c3ccc(O)cc3)cc2CCC(=O)O)cc1. The van der Waals surface area contributed by atoms with Crippen molar-refractivity contribution in [2.45, 2.75) is 19.4 Å². The first kappa shape index (κ1) is 18.3. The largest absolute Gasteiger partial charge is 0.508 e. The van der Waals surface area contributed by atoms with Crippen LogP contribution < -0.4 is 10.5 Å². The standard InChI is InChI=1S/C22H21NO4/c23-19-7-1-15(2-8-19)14-27-21-11-5-17(13-18(21)6-12-22(25)26)16-3-9-20(24)10-4-16/h1-5,7-11,13,24H,6,12,14,23H2,(H,25,26). The Hall–Kier alpha value is -3.47. The number of carboxylic acid groups (broad SMARTS) is 1. The smallest absolute Gasteiger partial charge is 0.303 e. The topological polar surface area (TPSA) is 92.8 Å². The number of carbonyl (C=O) groups is 1. The Bertz CT molecular complexity index is 918. The zero-order chi connectivity index (χ0) is 19.2. The van der Waals surface area contributed by atoms with Crippen molar-refractivity contribution in [2.75, 3.05) is 5.73 Å². The van der Waals surface area contributed by atoms with E-state index in [0.29, 0.717) is 24.5 Å². The molecule has 5 heteroatoms. The highest BCUT2D eigenvalue weighted by atomic mass is 16.5. The minimum absolute atomic E-state index is 0.0251. The molecule has 138 valence electrons. The lowest BCUT2D eigenvalue weighted by molar-refractivity contribution is -0.136. The van der Waals surface area contributed by atoms with Gasteiger partial charge >= 0.3 is 5.97 Å². The van der Waals surface area contributed by atoms with Gasteiger partial charge in [-0.3, -0.25) is 4.79 Å². The first-order valence-corrected chi connectivity index (χ1v) is 8.62. The fraction of sp³-hybridized carbons (Fsp3) is 0.136. The quantitative estimate of drug-likeness (QED) is 0.546. The maximum Gasteiger partial charge on any atom is 0.303 e. The molecule has 3 aromatic carbocycles. The summed E-state index contributed by atoms with van der Waals surface area (Å²) in [6.45, 7) is 0.374. The summed E-state index contributed by atoms with van der Waals surface area (Å²) >= 11 is 0. The minimum atomic E-state index is -0.852. The Labute approximate surface area is 157 Å². The van der Waals surface area contributed by atoms with Crippen LogP contribution in [0.4, 0.5) is 5.69 Å². The molecule has 3 aromatic rings. The molecule has 0 radical (unpaired) electrons. The normalized spacial score (nSPS) is 10.5. The summed E-state index contributed by atoms with van der Waals surface area (Å²) < 4.78 is 5.93. The average molecular weight is 363 g/mol. The van der Waals surface area contributed by atoms with Gasteiger partial charge in [0.05, 0.1) is 0 Å². The molecule has 5 nitrogen and oxygen atoms in total. The number of rotatable bonds is 7. The molecule has 0 aromatic heterocycles. The molecule has 0 amide bonds. The molecule has 0 unspecified atom stereocenters. The second-order valence-electron chi connectivity index (χ2n) is 6.29. The van der Waals surface area contributed by atoms with Gasteiger partial charge in [-0.05, 0) is 65.1 Å². The fourth-order valence-corrected chi connectivity index (χ4v) is 2.77. The summed E-state index contributed by atoms with van der Waals surface area (Å²) in [6.07, 6.45) is 0.398. The number of nitrogens with two attached hydrogens (primary N) is 1. The van der Waals surface area contributed by atoms with Gasteiger partial charge in [0.25, 0.3) is 0 Å². The molecule has 27 heavy (non-hydrogen) atoms. The van der Waals surface area contributed by atoms with Crippen molar-refractivity contribution in [1.29, 1.82) is 0 Å². The predicted molar refractivity (Wildman–Crippen MR) is 105 cm³/mol. The van der Waals surface area contributed by atoms with E-state index in [1.165, 1.54) is 0 Å². The van der Waals surface area contributed by atoms with Crippen molar-refractivity contribution in [3.05, 3.63) is 77.9 Å². The van der Waals surface area contributed by atoms with E-state index in [1.807, 2.05) is 54.6 Å². The molecule has 0 bridgehead atoms. The Morgan fingerprint density at radius 1 is 0.926 bits per heavy atom. The number of phenolic OH excluding ortho intramolecular Hbond substituents is 1. The Kier molecular flexibility index (Phi) is 5.61. The lowest BCUT2D eigenvalue weighted by Gasteiger charge is -2.13. The van der Waals surface area contributed by atoms with Crippen LogP contribution in [0.3, 0.4) is 0 Å². The van der Waals surface area contributed by atoms with E-state index in [0.717, 1.165) is 22.3 Å². The van der Waals surface area contributed by atoms with Crippen LogP contribution in [0.15, 0.2) is 66.7 Å². The first-order valence-electron chi connectivity index (χ1n) is 8.62. The summed E-state index contributed by atoms with van der Waals surface area (Å²) in [5.74, 6) is 0.0124. The van der Waals surface area contributed by atoms with Crippen molar-refractivity contribution < 1.29 is 19.7 Å². The maximum absolute atomic E-state index is 11.0. The lowest BCUT2D eigenvalue weighted by Crippen LogP contribution is -2.02. The van der Waals surface area contributed by atoms with E-state index in [4.69, 9.17) is 15.6 Å². The molecule has 0 aliphatic heterocycles. The summed E-state index contributed by atoms with van der Waals surface area (Å²) in [5, 5.41) is 18.5. The fourth-order valence-electron chi connectivity index (χ4n) is 2.77. The molecule has 3 rings (SSSR count). The van der Waals surface area contributed by atoms with E-state index in [-0.39, 0.29) is 12.2 Å². The van der Waals surface area contributed by atoms with E-state index in [2.05, 4.69) is 0 Å². The summed E-state index contributed by atoms with van der Waals surface area (Å²) in [6, 6.07) is 20.0. The average Bonchev–Trinajstić information content (AvgIpc) is 2.67. The van der Waals surface area contributed by atoms with Crippen molar-refractivity contribution in [3.63, 3.8) is 0 Å². The Balaban J connectivity index is 1.83. The van der Waals surface area contributed by atoms with Crippen molar-refractivity contribution in [2.24, 2.45) is 0 Å². The van der Waals surface area contributed by atoms with Crippen LogP contribution in [0.5, 0.6) is 11.5 Å². The highest BCUT2D eigenvalue weighted by molar-refractivity contribution is 5.69. The number of nitrogen functional groups attached to an aromatic ring is 1. The third-order valence-corrected chi connectivity index (χ3v) is 4.24. The maximum atomic E-state index is 11.0. The van der Waals surface area contributed by atoms with Crippen LogP contribution in [0.25, 0.3) is 11.1 Å². The monoisotopic (exact) mass is 363 g/mol. The second kappa shape index (κ2) is 8.27. The Morgan fingerprint density at radius 2 is 1.59 bits per heavy atom. The number of aryl methyl sites for hydroxylation is 1. The van der Waals surface area contributed by atoms with Gasteiger partial charge in [0.1, 0.15) is 18.1 Å². The number of aliphatic carboxylic acids is 1. The molecule has 0 aliphatic carbocycles. The van der Waals surface area contributed by atoms with E-state index >= 15 is 0 Å². The van der Waals surface area contributed by atoms with Gasteiger partial charge in [0, 0.05) is 12.1 Å². The second-order valence-corrected chi connectivity index (χ2v) is 6.29. The molecule has 0 fully saturated rings. The summed E-state index contributed by atoms with van der Waals surface area (Å²) in [7, 11) is 0. The molecule has 0 atom stereocenters. The molecule has 0 aliphatic rings. The van der Waals surface area contributed by atoms with E-state index < -0.39 is 5.97 Å². The van der Waals surface area contributed by atoms with Gasteiger partial charge < -0.3 is 20.7 Å². The molecular formula is C22H21NO4. The van der Waals surface area contributed by atoms with Crippen LogP contribution in [0.1, 0.15) is 17.5 Å². The number of carboxylic acids is 1. The van der Waals surface area contributed by atoms with Crippen LogP contribution in [0, 0.1) is 0 Å². The van der Waals surface area contributed by atoms with Gasteiger partial charge in [0.15, 0.2) is 0 Å². The summed E-state index contributed by atoms with van der Waals surface area (Å²) in [4.78, 5) is 11.0. The van der Waals surface area contributed by atoms with Crippen LogP contribution in [-0.2, 0) is 17.8 Å². The molecular weight excluding hydrogens is 342 g/mol. The number of ether oxygens (including phenoxy) is 1. The van der Waals surface area contributed by atoms with Gasteiger partial charge in [-0.1, -0.05) is 30.3 Å². The van der Waals surface area contributed by atoms with Crippen molar-refractivity contribution in [1.82, 2.24) is 0 Å². The van der Waals surface area contributed by atoms with E-state index in [9.17, 15) is 9.90 Å². The number of hydrogen-bond acceptors (Lipinski definition) is 4. The highest BCUT2D eigenvalue weighted by Crippen LogP contribution is 2.29. The van der Waals surface area contributed by atoms with E-state index in [1.54, 1.807) is 12.1 Å². The third kappa shape index (κ3) is 5.01. The number of aromatic hydroxyl groups is 1.